The Bertz CT molecular complexity index is 1080. The Morgan fingerprint density at radius 3 is 2.54 bits per heavy atom. The van der Waals surface area contributed by atoms with Gasteiger partial charge in [-0.2, -0.15) is 13.5 Å². The Kier molecular flexibility index (Phi) is 5.70. The van der Waals surface area contributed by atoms with Gasteiger partial charge in [0.25, 0.3) is 5.69 Å². The molecule has 12 heteroatoms. The minimum Gasteiger partial charge on any atom is -0.379 e. The summed E-state index contributed by atoms with van der Waals surface area (Å²) < 4.78 is 29.7. The van der Waals surface area contributed by atoms with Crippen molar-refractivity contribution in [1.82, 2.24) is 5.32 Å². The fourth-order valence-electron chi connectivity index (χ4n) is 2.13. The van der Waals surface area contributed by atoms with Gasteiger partial charge in [0, 0.05) is 6.07 Å². The molecule has 0 bridgehead atoms. The molecule has 0 aromatic heterocycles. The molecular weight excluding hydrogens is 408 g/mol. The Labute approximate surface area is 163 Å². The molecule has 1 aliphatic rings. The molecule has 1 fully saturated rings. The average Bonchev–Trinajstić information content (AvgIpc) is 3.08. The van der Waals surface area contributed by atoms with Crippen molar-refractivity contribution in [3.63, 3.8) is 0 Å². The Hall–Kier alpha value is -3.25. The third-order valence-electron chi connectivity index (χ3n) is 3.36. The van der Waals surface area contributed by atoms with Crippen LogP contribution >= 0.6 is 11.8 Å². The van der Waals surface area contributed by atoms with Crippen molar-refractivity contribution >= 4 is 44.9 Å². The van der Waals surface area contributed by atoms with E-state index in [-0.39, 0.29) is 11.7 Å². The van der Waals surface area contributed by atoms with E-state index in [1.165, 1.54) is 54.4 Å². The number of rotatable bonds is 6. The third kappa shape index (κ3) is 4.72. The molecule has 0 unspecified atom stereocenters. The molecule has 2 aromatic carbocycles. The first-order chi connectivity index (χ1) is 13.3. The highest BCUT2D eigenvalue weighted by molar-refractivity contribution is 8.15. The van der Waals surface area contributed by atoms with E-state index in [1.54, 1.807) is 0 Å². The summed E-state index contributed by atoms with van der Waals surface area (Å²) in [5, 5.41) is 21.6. The number of hydrogen-bond acceptors (Lipinski definition) is 9. The monoisotopic (exact) mass is 420 g/mol. The van der Waals surface area contributed by atoms with Crippen LogP contribution in [0.15, 0.2) is 63.6 Å². The van der Waals surface area contributed by atoms with Gasteiger partial charge < -0.3 is 9.50 Å². The number of thioether (sulfide) groups is 1. The summed E-state index contributed by atoms with van der Waals surface area (Å²) >= 11 is 1.24. The summed E-state index contributed by atoms with van der Waals surface area (Å²) in [5.74, 6) is 0.148. The van der Waals surface area contributed by atoms with Crippen LogP contribution in [0.25, 0.3) is 0 Å². The predicted octanol–water partition coefficient (Wildman–Crippen LogP) is 1.92. The second-order valence-electron chi connectivity index (χ2n) is 5.32. The maximum absolute atomic E-state index is 12.3. The van der Waals surface area contributed by atoms with Gasteiger partial charge >= 0.3 is 10.1 Å². The minimum absolute atomic E-state index is 0.0137. The van der Waals surface area contributed by atoms with E-state index in [4.69, 9.17) is 4.18 Å². The lowest BCUT2D eigenvalue weighted by atomic mass is 10.2. The second kappa shape index (κ2) is 8.19. The highest BCUT2D eigenvalue weighted by atomic mass is 32.2. The average molecular weight is 420 g/mol. The zero-order chi connectivity index (χ0) is 20.1. The van der Waals surface area contributed by atoms with Crippen LogP contribution < -0.4 is 9.50 Å². The molecule has 1 aliphatic heterocycles. The molecule has 144 valence electrons. The lowest BCUT2D eigenvalue weighted by molar-refractivity contribution is -0.387. The number of nitro groups is 1. The molecule has 10 nitrogen and oxygen atoms in total. The molecule has 0 radical (unpaired) electrons. The number of para-hydroxylation sites is 1. The van der Waals surface area contributed by atoms with E-state index in [0.717, 1.165) is 12.1 Å². The second-order valence-corrected chi connectivity index (χ2v) is 7.80. The Morgan fingerprint density at radius 2 is 1.89 bits per heavy atom. The fraction of sp³-hybridized carbons (Fsp3) is 0.0625. The van der Waals surface area contributed by atoms with E-state index >= 15 is 0 Å². The normalized spacial score (nSPS) is 15.7. The lowest BCUT2D eigenvalue weighted by Gasteiger charge is -2.07. The van der Waals surface area contributed by atoms with Gasteiger partial charge in [0.15, 0.2) is 10.1 Å². The van der Waals surface area contributed by atoms with Crippen LogP contribution in [0, 0.1) is 10.1 Å². The van der Waals surface area contributed by atoms with Crippen molar-refractivity contribution in [3.05, 3.63) is 64.2 Å². The fourth-order valence-corrected chi connectivity index (χ4v) is 3.86. The Morgan fingerprint density at radius 1 is 1.18 bits per heavy atom. The van der Waals surface area contributed by atoms with Gasteiger partial charge in [-0.25, -0.2) is 0 Å². The van der Waals surface area contributed by atoms with Crippen LogP contribution in [0.3, 0.4) is 0 Å². The summed E-state index contributed by atoms with van der Waals surface area (Å²) in [5.41, 5.74) is 0.0383. The van der Waals surface area contributed by atoms with Crippen molar-refractivity contribution in [2.24, 2.45) is 10.2 Å². The first-order valence-electron chi connectivity index (χ1n) is 7.67. The number of nitrogens with zero attached hydrogens (tertiary/aromatic N) is 3. The Balaban J connectivity index is 1.72. The molecule has 0 atom stereocenters. The topological polar surface area (TPSA) is 140 Å². The largest absolute Gasteiger partial charge is 0.379 e. The predicted molar refractivity (Wildman–Crippen MR) is 103 cm³/mol. The molecular formula is C16H12N4O6S2. The summed E-state index contributed by atoms with van der Waals surface area (Å²) in [7, 11) is -4.38. The molecule has 0 spiro atoms. The van der Waals surface area contributed by atoms with Gasteiger partial charge in [-0.15, -0.1) is 5.10 Å². The SMILES string of the molecule is O=C1CS/C(=N\N=C\c2ccc(OS(=O)(=O)c3ccccc3[N+](=O)[O-])cc2)N1. The third-order valence-corrected chi connectivity index (χ3v) is 5.52. The summed E-state index contributed by atoms with van der Waals surface area (Å²) in [6.45, 7) is 0. The number of hydrogen-bond donors (Lipinski definition) is 1. The van der Waals surface area contributed by atoms with Gasteiger partial charge in [0.05, 0.1) is 16.9 Å². The molecule has 1 heterocycles. The van der Waals surface area contributed by atoms with Crippen LogP contribution in [-0.4, -0.2) is 36.4 Å². The summed E-state index contributed by atoms with van der Waals surface area (Å²) in [6, 6.07) is 10.8. The van der Waals surface area contributed by atoms with E-state index < -0.39 is 25.6 Å². The zero-order valence-electron chi connectivity index (χ0n) is 14.0. The van der Waals surface area contributed by atoms with Crippen LogP contribution in [0.1, 0.15) is 5.56 Å². The van der Waals surface area contributed by atoms with Crippen LogP contribution in [0.5, 0.6) is 5.75 Å². The molecule has 0 saturated carbocycles. The van der Waals surface area contributed by atoms with E-state index in [2.05, 4.69) is 15.5 Å². The smallest absolute Gasteiger partial charge is 0.346 e. The van der Waals surface area contributed by atoms with Crippen LogP contribution in [0.4, 0.5) is 5.69 Å². The summed E-state index contributed by atoms with van der Waals surface area (Å²) in [4.78, 5) is 20.7. The van der Waals surface area contributed by atoms with Crippen molar-refractivity contribution in [3.8, 4) is 5.75 Å². The van der Waals surface area contributed by atoms with E-state index in [9.17, 15) is 23.3 Å². The molecule has 2 aromatic rings. The number of amides is 1. The molecule has 28 heavy (non-hydrogen) atoms. The van der Waals surface area contributed by atoms with E-state index in [0.29, 0.717) is 16.5 Å². The highest BCUT2D eigenvalue weighted by Gasteiger charge is 2.27. The van der Waals surface area contributed by atoms with Gasteiger partial charge in [-0.05, 0) is 35.9 Å². The maximum atomic E-state index is 12.3. The van der Waals surface area contributed by atoms with Gasteiger partial charge in [0.2, 0.25) is 5.91 Å². The minimum atomic E-state index is -4.38. The van der Waals surface area contributed by atoms with Crippen molar-refractivity contribution < 1.29 is 22.3 Å². The molecule has 3 rings (SSSR count). The number of nitrogens with one attached hydrogen (secondary N) is 1. The van der Waals surface area contributed by atoms with Crippen molar-refractivity contribution in [1.29, 1.82) is 0 Å². The van der Waals surface area contributed by atoms with Gasteiger partial charge in [-0.1, -0.05) is 23.9 Å². The lowest BCUT2D eigenvalue weighted by Crippen LogP contribution is -2.19. The molecule has 0 aliphatic carbocycles. The molecule has 1 saturated heterocycles. The van der Waals surface area contributed by atoms with Gasteiger partial charge in [0.1, 0.15) is 5.75 Å². The zero-order valence-corrected chi connectivity index (χ0v) is 15.6. The standard InChI is InChI=1S/C16H12N4O6S2/c21-15-10-27-16(18-15)19-17-9-11-5-7-12(8-6-11)26-28(24,25)14-4-2-1-3-13(14)20(22)23/h1-9H,10H2,(H,18,19,21)/b17-9+. The van der Waals surface area contributed by atoms with Crippen molar-refractivity contribution in [2.75, 3.05) is 5.75 Å². The highest BCUT2D eigenvalue weighted by Crippen LogP contribution is 2.26. The van der Waals surface area contributed by atoms with Crippen LogP contribution in [0.2, 0.25) is 0 Å². The number of nitro benzene ring substituents is 1. The summed E-state index contributed by atoms with van der Waals surface area (Å²) in [6.07, 6.45) is 1.42. The van der Waals surface area contributed by atoms with Gasteiger partial charge in [-0.3, -0.25) is 14.9 Å². The number of benzene rings is 2. The molecule has 1 amide bonds. The van der Waals surface area contributed by atoms with Crippen molar-refractivity contribution in [2.45, 2.75) is 4.90 Å². The first-order valence-corrected chi connectivity index (χ1v) is 10.1. The van der Waals surface area contributed by atoms with Crippen LogP contribution in [-0.2, 0) is 14.9 Å². The quantitative estimate of drug-likeness (QED) is 0.326. The maximum Gasteiger partial charge on any atom is 0.346 e. The van der Waals surface area contributed by atoms with E-state index in [1.807, 2.05) is 0 Å². The number of amidine groups is 1. The number of carbonyl (C=O) groups excluding carboxylic acids is 1. The number of carbonyl (C=O) groups is 1. The first kappa shape index (κ1) is 19.5. The molecule has 1 N–H and O–H groups in total.